The number of unbranched alkanes of at least 4 members (excludes halogenated alkanes) is 13. The Morgan fingerprint density at radius 1 is 0.767 bits per heavy atom. The molecular formula is C27H47NO2. The molecule has 0 heterocycles. The topological polar surface area (TPSA) is 38.3 Å². The predicted octanol–water partition coefficient (Wildman–Crippen LogP) is 7.75. The quantitative estimate of drug-likeness (QED) is 0.234. The van der Waals surface area contributed by atoms with Crippen LogP contribution in [0.5, 0.6) is 5.75 Å². The van der Waals surface area contributed by atoms with E-state index in [1.807, 2.05) is 38.1 Å². The molecule has 0 aromatic heterocycles. The third-order valence-corrected chi connectivity index (χ3v) is 5.79. The molecule has 0 saturated carbocycles. The van der Waals surface area contributed by atoms with E-state index in [1.165, 1.54) is 89.0 Å². The molecule has 0 aliphatic carbocycles. The van der Waals surface area contributed by atoms with E-state index in [0.29, 0.717) is 6.42 Å². The number of carbonyl (C=O) groups is 1. The van der Waals surface area contributed by atoms with E-state index in [2.05, 4.69) is 12.2 Å². The van der Waals surface area contributed by atoms with Crippen LogP contribution in [0, 0.1) is 6.92 Å². The number of hydrogen-bond donors (Lipinski definition) is 1. The number of rotatable bonds is 19. The minimum absolute atomic E-state index is 0.00719. The monoisotopic (exact) mass is 417 g/mol. The molecule has 0 fully saturated rings. The number of amides is 1. The Hall–Kier alpha value is -1.51. The largest absolute Gasteiger partial charge is 0.481 e. The Morgan fingerprint density at radius 3 is 1.70 bits per heavy atom. The van der Waals surface area contributed by atoms with Gasteiger partial charge in [0.2, 0.25) is 0 Å². The summed E-state index contributed by atoms with van der Waals surface area (Å²) in [6, 6.07) is 7.88. The first-order valence-corrected chi connectivity index (χ1v) is 12.7. The molecule has 3 nitrogen and oxygen atoms in total. The fourth-order valence-corrected chi connectivity index (χ4v) is 3.75. The SMILES string of the molecule is CCCCCCCCCCCCCCCCNC(=O)C(CC)Oc1ccc(C)cc1. The van der Waals surface area contributed by atoms with E-state index in [9.17, 15) is 4.79 Å². The van der Waals surface area contributed by atoms with Crippen molar-refractivity contribution in [1.29, 1.82) is 0 Å². The molecule has 0 radical (unpaired) electrons. The molecule has 172 valence electrons. The highest BCUT2D eigenvalue weighted by atomic mass is 16.5. The van der Waals surface area contributed by atoms with E-state index in [-0.39, 0.29) is 5.91 Å². The maximum Gasteiger partial charge on any atom is 0.261 e. The molecule has 0 aliphatic rings. The van der Waals surface area contributed by atoms with Crippen molar-refractivity contribution in [2.24, 2.45) is 0 Å². The second-order valence-electron chi connectivity index (χ2n) is 8.72. The normalized spacial score (nSPS) is 12.0. The lowest BCUT2D eigenvalue weighted by molar-refractivity contribution is -0.128. The highest BCUT2D eigenvalue weighted by Gasteiger charge is 2.17. The maximum atomic E-state index is 12.3. The number of carbonyl (C=O) groups excluding carboxylic acids is 1. The van der Waals surface area contributed by atoms with Crippen LogP contribution in [0.4, 0.5) is 0 Å². The number of benzene rings is 1. The van der Waals surface area contributed by atoms with Gasteiger partial charge in [0.1, 0.15) is 5.75 Å². The summed E-state index contributed by atoms with van der Waals surface area (Å²) in [7, 11) is 0. The van der Waals surface area contributed by atoms with Crippen LogP contribution in [0.25, 0.3) is 0 Å². The van der Waals surface area contributed by atoms with Crippen molar-refractivity contribution in [2.45, 2.75) is 123 Å². The van der Waals surface area contributed by atoms with Crippen LogP contribution in [0.3, 0.4) is 0 Å². The zero-order chi connectivity index (χ0) is 21.9. The molecule has 1 N–H and O–H groups in total. The van der Waals surface area contributed by atoms with Gasteiger partial charge in [0, 0.05) is 6.54 Å². The molecule has 1 amide bonds. The number of nitrogens with one attached hydrogen (secondary N) is 1. The summed E-state index contributed by atoms with van der Waals surface area (Å²) in [6.45, 7) is 7.07. The first-order valence-electron chi connectivity index (χ1n) is 12.7. The van der Waals surface area contributed by atoms with Gasteiger partial charge in [0.15, 0.2) is 6.10 Å². The van der Waals surface area contributed by atoms with Crippen LogP contribution in [-0.4, -0.2) is 18.6 Å². The lowest BCUT2D eigenvalue weighted by Crippen LogP contribution is -2.38. The summed E-state index contributed by atoms with van der Waals surface area (Å²) < 4.78 is 5.84. The van der Waals surface area contributed by atoms with Gasteiger partial charge in [-0.15, -0.1) is 0 Å². The van der Waals surface area contributed by atoms with Crippen LogP contribution in [0.1, 0.15) is 116 Å². The van der Waals surface area contributed by atoms with Gasteiger partial charge in [-0.2, -0.15) is 0 Å². The van der Waals surface area contributed by atoms with Crippen molar-refractivity contribution in [2.75, 3.05) is 6.54 Å². The Balaban J connectivity index is 1.94. The van der Waals surface area contributed by atoms with E-state index in [1.54, 1.807) is 0 Å². The smallest absolute Gasteiger partial charge is 0.261 e. The number of ether oxygens (including phenoxy) is 1. The van der Waals surface area contributed by atoms with Crippen LogP contribution in [0.15, 0.2) is 24.3 Å². The Labute approximate surface area is 186 Å². The van der Waals surface area contributed by atoms with Crippen molar-refractivity contribution >= 4 is 5.91 Å². The third-order valence-electron chi connectivity index (χ3n) is 5.79. The van der Waals surface area contributed by atoms with E-state index in [0.717, 1.165) is 18.7 Å². The summed E-state index contributed by atoms with van der Waals surface area (Å²) in [5.74, 6) is 0.770. The highest BCUT2D eigenvalue weighted by molar-refractivity contribution is 5.81. The van der Waals surface area contributed by atoms with Crippen molar-refractivity contribution < 1.29 is 9.53 Å². The average molecular weight is 418 g/mol. The molecule has 3 heteroatoms. The second kappa shape index (κ2) is 18.3. The van der Waals surface area contributed by atoms with Crippen molar-refractivity contribution in [3.05, 3.63) is 29.8 Å². The lowest BCUT2D eigenvalue weighted by Gasteiger charge is -2.17. The van der Waals surface area contributed by atoms with Crippen LogP contribution < -0.4 is 10.1 Å². The standard InChI is InChI=1S/C27H47NO2/c1-4-6-7-8-9-10-11-12-13-14-15-16-17-18-23-28-27(29)26(5-2)30-25-21-19-24(3)20-22-25/h19-22,26H,4-18,23H2,1-3H3,(H,28,29). The summed E-state index contributed by atoms with van der Waals surface area (Å²) in [4.78, 5) is 12.3. The minimum atomic E-state index is -0.403. The molecule has 1 aromatic carbocycles. The second-order valence-corrected chi connectivity index (χ2v) is 8.72. The molecule has 1 rings (SSSR count). The summed E-state index contributed by atoms with van der Waals surface area (Å²) in [5, 5.41) is 3.04. The fourth-order valence-electron chi connectivity index (χ4n) is 3.75. The van der Waals surface area contributed by atoms with Gasteiger partial charge in [-0.3, -0.25) is 4.79 Å². The summed E-state index contributed by atoms with van der Waals surface area (Å²) >= 11 is 0. The number of hydrogen-bond acceptors (Lipinski definition) is 2. The van der Waals surface area contributed by atoms with Gasteiger partial charge in [0.25, 0.3) is 5.91 Å². The fraction of sp³-hybridized carbons (Fsp3) is 0.741. The predicted molar refractivity (Wildman–Crippen MR) is 129 cm³/mol. The van der Waals surface area contributed by atoms with Gasteiger partial charge in [-0.25, -0.2) is 0 Å². The van der Waals surface area contributed by atoms with Gasteiger partial charge in [-0.1, -0.05) is 115 Å². The summed E-state index contributed by atoms with van der Waals surface area (Å²) in [6.07, 6.45) is 19.2. The van der Waals surface area contributed by atoms with Crippen molar-refractivity contribution in [3.63, 3.8) is 0 Å². The Kier molecular flexibility index (Phi) is 16.2. The van der Waals surface area contributed by atoms with Gasteiger partial charge in [0.05, 0.1) is 0 Å². The maximum absolute atomic E-state index is 12.3. The molecular weight excluding hydrogens is 370 g/mol. The first-order chi connectivity index (χ1) is 14.7. The molecule has 1 unspecified atom stereocenters. The van der Waals surface area contributed by atoms with Crippen molar-refractivity contribution in [3.8, 4) is 5.75 Å². The number of aryl methyl sites for hydroxylation is 1. The average Bonchev–Trinajstić information content (AvgIpc) is 2.75. The molecule has 0 bridgehead atoms. The zero-order valence-electron chi connectivity index (χ0n) is 20.0. The molecule has 0 aliphatic heterocycles. The first kappa shape index (κ1) is 26.5. The molecule has 0 spiro atoms. The van der Waals surface area contributed by atoms with Crippen LogP contribution in [-0.2, 0) is 4.79 Å². The van der Waals surface area contributed by atoms with E-state index < -0.39 is 6.10 Å². The zero-order valence-corrected chi connectivity index (χ0v) is 20.0. The van der Waals surface area contributed by atoms with Crippen LogP contribution in [0.2, 0.25) is 0 Å². The molecule has 30 heavy (non-hydrogen) atoms. The lowest BCUT2D eigenvalue weighted by atomic mass is 10.0. The Bertz CT molecular complexity index is 526. The summed E-state index contributed by atoms with van der Waals surface area (Å²) in [5.41, 5.74) is 1.19. The van der Waals surface area contributed by atoms with Gasteiger partial charge in [-0.05, 0) is 31.9 Å². The van der Waals surface area contributed by atoms with E-state index in [4.69, 9.17) is 4.74 Å². The minimum Gasteiger partial charge on any atom is -0.481 e. The van der Waals surface area contributed by atoms with Gasteiger partial charge < -0.3 is 10.1 Å². The van der Waals surface area contributed by atoms with Gasteiger partial charge >= 0.3 is 0 Å². The third kappa shape index (κ3) is 13.7. The Morgan fingerprint density at radius 2 is 1.23 bits per heavy atom. The molecule has 1 atom stereocenters. The van der Waals surface area contributed by atoms with Crippen LogP contribution >= 0.6 is 0 Å². The van der Waals surface area contributed by atoms with E-state index >= 15 is 0 Å². The molecule has 1 aromatic rings. The highest BCUT2D eigenvalue weighted by Crippen LogP contribution is 2.15. The van der Waals surface area contributed by atoms with Crippen molar-refractivity contribution in [1.82, 2.24) is 5.32 Å². The molecule has 0 saturated heterocycles.